The first kappa shape index (κ1) is 31.9. The Morgan fingerprint density at radius 3 is 1.79 bits per heavy atom. The molecule has 13 rings (SSSR count). The van der Waals surface area contributed by atoms with Crippen molar-refractivity contribution in [1.29, 1.82) is 0 Å². The van der Waals surface area contributed by atoms with Gasteiger partial charge >= 0.3 is 0 Å². The highest BCUT2D eigenvalue weighted by atomic mass is 16.3. The molecule has 0 fully saturated rings. The molecule has 1 heteroatoms. The van der Waals surface area contributed by atoms with E-state index in [1.807, 2.05) is 0 Å². The van der Waals surface area contributed by atoms with E-state index in [0.717, 1.165) is 27.5 Å². The average molecular weight is 737 g/mol. The molecule has 0 saturated carbocycles. The molecular weight excluding hydrogens is 701 g/mol. The van der Waals surface area contributed by atoms with E-state index >= 15 is 0 Å². The number of benzene rings is 11. The molecule has 0 unspecified atom stereocenters. The van der Waals surface area contributed by atoms with Crippen molar-refractivity contribution in [3.05, 3.63) is 193 Å². The molecular formula is C57H36O. The summed E-state index contributed by atoms with van der Waals surface area (Å²) in [6, 6.07) is 67.7. The molecule has 1 aliphatic carbocycles. The number of hydrogen-bond acceptors (Lipinski definition) is 1. The van der Waals surface area contributed by atoms with Crippen molar-refractivity contribution >= 4 is 75.8 Å². The number of furan rings is 1. The van der Waals surface area contributed by atoms with Crippen molar-refractivity contribution in [1.82, 2.24) is 0 Å². The second-order valence-corrected chi connectivity index (χ2v) is 16.8. The standard InChI is InChI=1S/C57H36O/c1-57(2)50-31-41(21-23-45(50)48-28-37-11-6-7-12-38(37)30-51(48)57)43-25-26-47(44-22-19-36-16-15-34-13-8-14-35-20-24-46(44)54(36)53(34)35)55-49-29-40-18-17-39(33-9-4-3-5-10-33)27-42(40)32-52(49)58-56(43)55/h3-32H,1-2H3. The van der Waals surface area contributed by atoms with Crippen molar-refractivity contribution in [2.75, 3.05) is 0 Å². The van der Waals surface area contributed by atoms with Gasteiger partial charge in [-0.1, -0.05) is 153 Å². The van der Waals surface area contributed by atoms with Gasteiger partial charge < -0.3 is 4.42 Å². The smallest absolute Gasteiger partial charge is 0.143 e. The van der Waals surface area contributed by atoms with Gasteiger partial charge in [0.25, 0.3) is 0 Å². The molecule has 0 radical (unpaired) electrons. The van der Waals surface area contributed by atoms with Crippen LogP contribution in [0.4, 0.5) is 0 Å². The number of fused-ring (bicyclic) bond motifs is 8. The lowest BCUT2D eigenvalue weighted by Crippen LogP contribution is -2.15. The highest BCUT2D eigenvalue weighted by Crippen LogP contribution is 2.52. The zero-order valence-electron chi connectivity index (χ0n) is 32.2. The highest BCUT2D eigenvalue weighted by Gasteiger charge is 2.36. The Kier molecular flexibility index (Phi) is 6.29. The maximum atomic E-state index is 7.16. The Morgan fingerprint density at radius 2 is 0.948 bits per heavy atom. The first-order valence-corrected chi connectivity index (χ1v) is 20.3. The van der Waals surface area contributed by atoms with Gasteiger partial charge in [0.1, 0.15) is 11.2 Å². The predicted molar refractivity (Wildman–Crippen MR) is 246 cm³/mol. The normalized spacial score (nSPS) is 13.5. The van der Waals surface area contributed by atoms with E-state index in [1.54, 1.807) is 0 Å². The highest BCUT2D eigenvalue weighted by molar-refractivity contribution is 6.28. The van der Waals surface area contributed by atoms with Crippen LogP contribution in [0.2, 0.25) is 0 Å². The molecule has 58 heavy (non-hydrogen) atoms. The third-order valence-electron chi connectivity index (χ3n) is 13.4. The van der Waals surface area contributed by atoms with Crippen LogP contribution < -0.4 is 0 Å². The Bertz CT molecular complexity index is 3680. The predicted octanol–water partition coefficient (Wildman–Crippen LogP) is 16.1. The molecule has 0 bridgehead atoms. The summed E-state index contributed by atoms with van der Waals surface area (Å²) in [5, 5.41) is 15.0. The monoisotopic (exact) mass is 736 g/mol. The number of rotatable bonds is 3. The van der Waals surface area contributed by atoms with E-state index in [-0.39, 0.29) is 5.41 Å². The van der Waals surface area contributed by atoms with Crippen molar-refractivity contribution in [3.63, 3.8) is 0 Å². The van der Waals surface area contributed by atoms with Crippen LogP contribution in [-0.4, -0.2) is 0 Å². The summed E-state index contributed by atoms with van der Waals surface area (Å²) >= 11 is 0. The third kappa shape index (κ3) is 4.36. The van der Waals surface area contributed by atoms with E-state index in [2.05, 4.69) is 196 Å². The van der Waals surface area contributed by atoms with E-state index < -0.39 is 0 Å². The molecule has 1 heterocycles. The maximum Gasteiger partial charge on any atom is 0.143 e. The Labute approximate surface area is 335 Å². The molecule has 11 aromatic carbocycles. The molecule has 0 spiro atoms. The lowest BCUT2D eigenvalue weighted by atomic mass is 9.81. The summed E-state index contributed by atoms with van der Waals surface area (Å²) in [6.07, 6.45) is 0. The molecule has 12 aromatic rings. The summed E-state index contributed by atoms with van der Waals surface area (Å²) in [7, 11) is 0. The molecule has 0 atom stereocenters. The van der Waals surface area contributed by atoms with Gasteiger partial charge in [-0.25, -0.2) is 0 Å². The Morgan fingerprint density at radius 1 is 0.328 bits per heavy atom. The van der Waals surface area contributed by atoms with Gasteiger partial charge in [-0.2, -0.15) is 0 Å². The van der Waals surface area contributed by atoms with Crippen molar-refractivity contribution in [2.45, 2.75) is 19.3 Å². The summed E-state index contributed by atoms with van der Waals surface area (Å²) in [4.78, 5) is 0. The minimum Gasteiger partial charge on any atom is -0.455 e. The Balaban J connectivity index is 1.07. The fourth-order valence-electron chi connectivity index (χ4n) is 10.4. The fourth-order valence-corrected chi connectivity index (χ4v) is 10.4. The van der Waals surface area contributed by atoms with E-state index in [4.69, 9.17) is 4.42 Å². The second kappa shape index (κ2) is 11.4. The SMILES string of the molecule is CC1(C)c2cc(-c3ccc(-c4ccc5ccc6cccc7ccc4c5c67)c4c3oc3cc5cc(-c6ccccc6)ccc5cc34)ccc2-c2cc3ccccc3cc21. The van der Waals surface area contributed by atoms with Crippen LogP contribution >= 0.6 is 0 Å². The topological polar surface area (TPSA) is 13.1 Å². The molecule has 0 aliphatic heterocycles. The van der Waals surface area contributed by atoms with E-state index in [0.29, 0.717) is 0 Å². The fraction of sp³-hybridized carbons (Fsp3) is 0.0526. The summed E-state index contributed by atoms with van der Waals surface area (Å²) < 4.78 is 7.16. The van der Waals surface area contributed by atoms with Crippen molar-refractivity contribution in [2.24, 2.45) is 0 Å². The van der Waals surface area contributed by atoms with Crippen LogP contribution in [0, 0.1) is 0 Å². The minimum absolute atomic E-state index is 0.145. The van der Waals surface area contributed by atoms with Gasteiger partial charge in [0, 0.05) is 21.8 Å². The van der Waals surface area contributed by atoms with Gasteiger partial charge in [-0.05, 0) is 146 Å². The molecule has 270 valence electrons. The zero-order chi connectivity index (χ0) is 38.3. The summed E-state index contributed by atoms with van der Waals surface area (Å²) in [6.45, 7) is 4.75. The summed E-state index contributed by atoms with van der Waals surface area (Å²) in [5.74, 6) is 0. The minimum atomic E-state index is -0.145. The van der Waals surface area contributed by atoms with Crippen LogP contribution in [0.5, 0.6) is 0 Å². The van der Waals surface area contributed by atoms with Crippen LogP contribution in [0.3, 0.4) is 0 Å². The lowest BCUT2D eigenvalue weighted by molar-refractivity contribution is 0.661. The van der Waals surface area contributed by atoms with Gasteiger partial charge in [0.15, 0.2) is 0 Å². The van der Waals surface area contributed by atoms with Crippen molar-refractivity contribution < 1.29 is 4.42 Å². The average Bonchev–Trinajstić information content (AvgIpc) is 3.74. The quantitative estimate of drug-likeness (QED) is 0.165. The van der Waals surface area contributed by atoms with Gasteiger partial charge in [-0.15, -0.1) is 0 Å². The zero-order valence-corrected chi connectivity index (χ0v) is 32.2. The summed E-state index contributed by atoms with van der Waals surface area (Å²) in [5.41, 5.74) is 14.2. The van der Waals surface area contributed by atoms with Crippen molar-refractivity contribution in [3.8, 4) is 44.5 Å². The molecule has 1 nitrogen and oxygen atoms in total. The van der Waals surface area contributed by atoms with Crippen LogP contribution in [0.25, 0.3) is 120 Å². The van der Waals surface area contributed by atoms with Gasteiger partial charge in [0.2, 0.25) is 0 Å². The third-order valence-corrected chi connectivity index (χ3v) is 13.4. The molecule has 1 aromatic heterocycles. The van der Waals surface area contributed by atoms with Crippen LogP contribution in [0.15, 0.2) is 186 Å². The molecule has 0 N–H and O–H groups in total. The van der Waals surface area contributed by atoms with Gasteiger partial charge in [-0.3, -0.25) is 0 Å². The molecule has 0 amide bonds. The maximum absolute atomic E-state index is 7.16. The second-order valence-electron chi connectivity index (χ2n) is 16.8. The van der Waals surface area contributed by atoms with Crippen LogP contribution in [0.1, 0.15) is 25.0 Å². The lowest BCUT2D eigenvalue weighted by Gasteiger charge is -2.22. The Hall–Kier alpha value is -7.22. The van der Waals surface area contributed by atoms with Crippen LogP contribution in [-0.2, 0) is 5.41 Å². The first-order chi connectivity index (χ1) is 28.5. The van der Waals surface area contributed by atoms with E-state index in [1.165, 1.54) is 104 Å². The largest absolute Gasteiger partial charge is 0.455 e. The molecule has 0 saturated heterocycles. The van der Waals surface area contributed by atoms with Gasteiger partial charge in [0.05, 0.1) is 0 Å². The first-order valence-electron chi connectivity index (χ1n) is 20.3. The van der Waals surface area contributed by atoms with E-state index in [9.17, 15) is 0 Å². The number of hydrogen-bond donors (Lipinski definition) is 0. The molecule has 1 aliphatic rings.